The fourth-order valence-corrected chi connectivity index (χ4v) is 5.05. The number of methoxy groups -OCH3 is 1. The molecule has 0 atom stereocenters. The molecule has 3 heterocycles. The van der Waals surface area contributed by atoms with Crippen molar-refractivity contribution in [1.82, 2.24) is 24.3 Å². The minimum Gasteiger partial charge on any atom is -0.497 e. The summed E-state index contributed by atoms with van der Waals surface area (Å²) in [6.45, 7) is 4.50. The normalized spacial score (nSPS) is 15.6. The van der Waals surface area contributed by atoms with Crippen molar-refractivity contribution in [2.24, 2.45) is 5.92 Å². The van der Waals surface area contributed by atoms with Crippen LogP contribution in [0.3, 0.4) is 0 Å². The molecule has 0 radical (unpaired) electrons. The summed E-state index contributed by atoms with van der Waals surface area (Å²) in [6.07, 6.45) is 2.60. The van der Waals surface area contributed by atoms with E-state index in [9.17, 15) is 13.2 Å². The Hall–Kier alpha value is -3.25. The van der Waals surface area contributed by atoms with Gasteiger partial charge >= 0.3 is 6.01 Å². The monoisotopic (exact) mass is 474 g/mol. The average molecular weight is 475 g/mol. The van der Waals surface area contributed by atoms with E-state index >= 15 is 0 Å². The number of hydrogen-bond donors (Lipinski definition) is 1. The molecule has 0 spiro atoms. The van der Waals surface area contributed by atoms with Crippen LogP contribution in [0.5, 0.6) is 5.75 Å². The van der Waals surface area contributed by atoms with Gasteiger partial charge in [-0.1, -0.05) is 5.10 Å². The van der Waals surface area contributed by atoms with Gasteiger partial charge in [-0.15, -0.1) is 5.10 Å². The Balaban J connectivity index is 1.34. The molecular weight excluding hydrogens is 448 g/mol. The van der Waals surface area contributed by atoms with Crippen LogP contribution in [0.2, 0.25) is 0 Å². The van der Waals surface area contributed by atoms with Crippen molar-refractivity contribution < 1.29 is 22.4 Å². The summed E-state index contributed by atoms with van der Waals surface area (Å²) in [5.41, 5.74) is 0.522. The predicted octanol–water partition coefficient (Wildman–Crippen LogP) is 2.56. The highest BCUT2D eigenvalue weighted by atomic mass is 32.2. The van der Waals surface area contributed by atoms with Crippen LogP contribution in [0.25, 0.3) is 11.6 Å². The van der Waals surface area contributed by atoms with Gasteiger partial charge in [-0.3, -0.25) is 14.8 Å². The highest BCUT2D eigenvalue weighted by Crippen LogP contribution is 2.26. The molecule has 1 aliphatic heterocycles. The first-order valence-corrected chi connectivity index (χ1v) is 12.1. The molecule has 1 aromatic carbocycles. The number of piperidine rings is 1. The summed E-state index contributed by atoms with van der Waals surface area (Å²) in [5.74, 6) is 0.161. The lowest BCUT2D eigenvalue weighted by Crippen LogP contribution is -2.41. The smallest absolute Gasteiger partial charge is 0.322 e. The molecule has 33 heavy (non-hydrogen) atoms. The van der Waals surface area contributed by atoms with Gasteiger partial charge in [0.05, 0.1) is 12.0 Å². The van der Waals surface area contributed by atoms with Crippen molar-refractivity contribution in [3.8, 4) is 17.3 Å². The zero-order chi connectivity index (χ0) is 23.6. The van der Waals surface area contributed by atoms with Gasteiger partial charge in [0.1, 0.15) is 11.4 Å². The summed E-state index contributed by atoms with van der Waals surface area (Å²) < 4.78 is 39.5. The number of amides is 1. The van der Waals surface area contributed by atoms with E-state index in [1.165, 1.54) is 23.5 Å². The predicted molar refractivity (Wildman–Crippen MR) is 119 cm³/mol. The molecule has 0 unspecified atom stereocenters. The van der Waals surface area contributed by atoms with E-state index < -0.39 is 10.0 Å². The maximum Gasteiger partial charge on any atom is 0.322 e. The molecule has 11 nitrogen and oxygen atoms in total. The van der Waals surface area contributed by atoms with Gasteiger partial charge in [-0.25, -0.2) is 8.42 Å². The van der Waals surface area contributed by atoms with Gasteiger partial charge in [-0.05, 0) is 57.0 Å². The SMILES string of the molecule is COc1ccc(S(=O)(=O)N2CCC(C(=O)Nc3nnc(-c4ccn(C(C)C)n4)o3)CC2)cc1. The molecule has 1 amide bonds. The molecule has 1 N–H and O–H groups in total. The third-order valence-electron chi connectivity index (χ3n) is 5.53. The molecule has 12 heteroatoms. The van der Waals surface area contributed by atoms with Crippen LogP contribution in [0.15, 0.2) is 45.8 Å². The first-order valence-electron chi connectivity index (χ1n) is 10.6. The van der Waals surface area contributed by atoms with E-state index in [0.29, 0.717) is 24.3 Å². The number of carbonyl (C=O) groups excluding carboxylic acids is 1. The molecule has 3 aromatic rings. The molecule has 0 bridgehead atoms. The van der Waals surface area contributed by atoms with E-state index in [0.717, 1.165) is 0 Å². The van der Waals surface area contributed by atoms with Crippen molar-refractivity contribution in [2.75, 3.05) is 25.5 Å². The van der Waals surface area contributed by atoms with Crippen molar-refractivity contribution in [2.45, 2.75) is 37.6 Å². The van der Waals surface area contributed by atoms with Gasteiger partial charge in [0.2, 0.25) is 15.9 Å². The maximum atomic E-state index is 12.9. The molecule has 2 aromatic heterocycles. The number of ether oxygens (including phenoxy) is 1. The Morgan fingerprint density at radius 3 is 2.45 bits per heavy atom. The van der Waals surface area contributed by atoms with Crippen molar-refractivity contribution in [3.63, 3.8) is 0 Å². The number of anilines is 1. The third kappa shape index (κ3) is 4.91. The number of aromatic nitrogens is 4. The minimum atomic E-state index is -3.63. The van der Waals surface area contributed by atoms with Crippen LogP contribution >= 0.6 is 0 Å². The average Bonchev–Trinajstić information content (AvgIpc) is 3.49. The minimum absolute atomic E-state index is 0.0117. The van der Waals surface area contributed by atoms with Gasteiger partial charge in [-0.2, -0.15) is 9.40 Å². The quantitative estimate of drug-likeness (QED) is 0.552. The van der Waals surface area contributed by atoms with Gasteiger partial charge in [0.25, 0.3) is 5.89 Å². The highest BCUT2D eigenvalue weighted by molar-refractivity contribution is 7.89. The van der Waals surface area contributed by atoms with Gasteiger partial charge < -0.3 is 9.15 Å². The molecule has 4 rings (SSSR count). The number of sulfonamides is 1. The number of benzene rings is 1. The summed E-state index contributed by atoms with van der Waals surface area (Å²) >= 11 is 0. The first kappa shape index (κ1) is 22.9. The van der Waals surface area contributed by atoms with Gasteiger partial charge in [0.15, 0.2) is 0 Å². The fourth-order valence-electron chi connectivity index (χ4n) is 3.58. The van der Waals surface area contributed by atoms with Crippen molar-refractivity contribution in [1.29, 1.82) is 0 Å². The van der Waals surface area contributed by atoms with Crippen LogP contribution in [0.4, 0.5) is 6.01 Å². The lowest BCUT2D eigenvalue weighted by molar-refractivity contribution is -0.121. The molecule has 176 valence electrons. The zero-order valence-corrected chi connectivity index (χ0v) is 19.4. The Morgan fingerprint density at radius 2 is 1.85 bits per heavy atom. The molecule has 1 aliphatic rings. The summed E-state index contributed by atoms with van der Waals surface area (Å²) in [5, 5.41) is 14.8. The van der Waals surface area contributed by atoms with E-state index in [-0.39, 0.29) is 47.8 Å². The van der Waals surface area contributed by atoms with E-state index in [1.54, 1.807) is 22.9 Å². The van der Waals surface area contributed by atoms with Crippen LogP contribution in [-0.2, 0) is 14.8 Å². The Bertz CT molecular complexity index is 1210. The standard InChI is InChI=1S/C21H26N6O5S/c1-14(2)27-13-10-18(25-27)20-23-24-21(32-20)22-19(28)15-8-11-26(12-9-15)33(29,30)17-6-4-16(31-3)5-7-17/h4-7,10,13-15H,8-9,11-12H2,1-3H3,(H,22,24,28). The molecule has 0 saturated carbocycles. The highest BCUT2D eigenvalue weighted by Gasteiger charge is 2.32. The molecule has 0 aliphatic carbocycles. The van der Waals surface area contributed by atoms with E-state index in [1.807, 2.05) is 20.0 Å². The third-order valence-corrected chi connectivity index (χ3v) is 7.45. The number of rotatable bonds is 7. The Kier molecular flexibility index (Phi) is 6.47. The fraction of sp³-hybridized carbons (Fsp3) is 0.429. The van der Waals surface area contributed by atoms with Crippen molar-refractivity contribution >= 4 is 21.9 Å². The molecular formula is C21H26N6O5S. The topological polar surface area (TPSA) is 132 Å². The van der Waals surface area contributed by atoms with Crippen LogP contribution < -0.4 is 10.1 Å². The van der Waals surface area contributed by atoms with Crippen LogP contribution in [0.1, 0.15) is 32.7 Å². The maximum absolute atomic E-state index is 12.9. The summed E-state index contributed by atoms with van der Waals surface area (Å²) in [7, 11) is -2.11. The molecule has 1 fully saturated rings. The summed E-state index contributed by atoms with van der Waals surface area (Å²) in [4.78, 5) is 12.9. The first-order chi connectivity index (χ1) is 15.8. The second-order valence-electron chi connectivity index (χ2n) is 8.03. The van der Waals surface area contributed by atoms with Crippen LogP contribution in [0, 0.1) is 5.92 Å². The van der Waals surface area contributed by atoms with E-state index in [2.05, 4.69) is 20.6 Å². The lowest BCUT2D eigenvalue weighted by atomic mass is 9.97. The number of hydrogen-bond acceptors (Lipinski definition) is 8. The Labute approximate surface area is 191 Å². The van der Waals surface area contributed by atoms with Gasteiger partial charge in [0, 0.05) is 31.2 Å². The number of nitrogens with zero attached hydrogens (tertiary/aromatic N) is 5. The van der Waals surface area contributed by atoms with Crippen molar-refractivity contribution in [3.05, 3.63) is 36.5 Å². The second-order valence-corrected chi connectivity index (χ2v) is 9.97. The number of nitrogens with one attached hydrogen (secondary N) is 1. The van der Waals surface area contributed by atoms with Crippen LogP contribution in [-0.4, -0.2) is 58.8 Å². The number of carbonyl (C=O) groups is 1. The largest absolute Gasteiger partial charge is 0.497 e. The molecule has 1 saturated heterocycles. The summed E-state index contributed by atoms with van der Waals surface area (Å²) in [6, 6.07) is 8.20. The second kappa shape index (κ2) is 9.32. The Morgan fingerprint density at radius 1 is 1.15 bits per heavy atom. The lowest BCUT2D eigenvalue weighted by Gasteiger charge is -2.30. The zero-order valence-electron chi connectivity index (χ0n) is 18.6. The van der Waals surface area contributed by atoms with E-state index in [4.69, 9.17) is 9.15 Å².